The van der Waals surface area contributed by atoms with E-state index in [0.717, 1.165) is 17.7 Å². The first-order valence-electron chi connectivity index (χ1n) is 9.94. The number of phenols is 1. The lowest BCUT2D eigenvalue weighted by Gasteiger charge is -2.26. The summed E-state index contributed by atoms with van der Waals surface area (Å²) in [5.41, 5.74) is 3.75. The molecule has 1 heterocycles. The predicted molar refractivity (Wildman–Crippen MR) is 109 cm³/mol. The van der Waals surface area contributed by atoms with Gasteiger partial charge in [-0.05, 0) is 60.7 Å². The van der Waals surface area contributed by atoms with Crippen LogP contribution in [0.1, 0.15) is 66.1 Å². The maximum absolute atomic E-state index is 12.5. The van der Waals surface area contributed by atoms with E-state index >= 15 is 0 Å². The van der Waals surface area contributed by atoms with Gasteiger partial charge in [0.15, 0.2) is 0 Å². The molecule has 0 spiro atoms. The molecule has 27 heavy (non-hydrogen) atoms. The maximum atomic E-state index is 12.5. The number of nitrogens with one attached hydrogen (secondary N) is 1. The van der Waals surface area contributed by atoms with Gasteiger partial charge in [0.2, 0.25) is 0 Å². The van der Waals surface area contributed by atoms with Crippen LogP contribution in [0, 0.1) is 0 Å². The molecule has 2 N–H and O–H groups in total. The van der Waals surface area contributed by atoms with Crippen molar-refractivity contribution in [1.29, 1.82) is 0 Å². The summed E-state index contributed by atoms with van der Waals surface area (Å²) < 4.78 is 0. The molecular weight excluding hydrogens is 336 g/mol. The van der Waals surface area contributed by atoms with Crippen LogP contribution in [0.2, 0.25) is 0 Å². The van der Waals surface area contributed by atoms with Gasteiger partial charge in [0.05, 0.1) is 5.56 Å². The lowest BCUT2D eigenvalue weighted by atomic mass is 10.00. The highest BCUT2D eigenvalue weighted by atomic mass is 16.3. The first-order valence-corrected chi connectivity index (χ1v) is 9.94. The molecule has 1 aliphatic heterocycles. The molecule has 0 bridgehead atoms. The molecule has 144 valence electrons. The Bertz CT molecular complexity index is 780. The number of likely N-dealkylation sites (tertiary alicyclic amines) is 1. The topological polar surface area (TPSA) is 52.6 Å². The van der Waals surface area contributed by atoms with Crippen molar-refractivity contribution in [3.05, 3.63) is 64.7 Å². The van der Waals surface area contributed by atoms with Crippen LogP contribution in [0.3, 0.4) is 0 Å². The molecule has 4 nitrogen and oxygen atoms in total. The molecule has 4 heteroatoms. The standard InChI is InChI=1S/C23H30N2O2/c1-17(2)20-9-10-22(26)21(14-20)23(27)24-15-18-7-6-8-19(13-18)16-25-11-4-3-5-12-25/h6-10,13-14,17,26H,3-5,11-12,15-16H2,1-2H3,(H,24,27). The van der Waals surface area contributed by atoms with E-state index in [1.807, 2.05) is 12.1 Å². The number of rotatable bonds is 6. The average molecular weight is 367 g/mol. The number of aromatic hydroxyl groups is 1. The molecule has 0 radical (unpaired) electrons. The number of phenolic OH excluding ortho intramolecular Hbond substituents is 1. The molecule has 0 aromatic heterocycles. The van der Waals surface area contributed by atoms with E-state index in [1.165, 1.54) is 37.9 Å². The second-order valence-corrected chi connectivity index (χ2v) is 7.77. The zero-order valence-electron chi connectivity index (χ0n) is 16.4. The van der Waals surface area contributed by atoms with Crippen molar-refractivity contribution in [3.63, 3.8) is 0 Å². The minimum atomic E-state index is -0.239. The van der Waals surface area contributed by atoms with Crippen LogP contribution in [0.5, 0.6) is 5.75 Å². The Morgan fingerprint density at radius 3 is 2.56 bits per heavy atom. The fourth-order valence-corrected chi connectivity index (χ4v) is 3.59. The van der Waals surface area contributed by atoms with E-state index in [1.54, 1.807) is 12.1 Å². The Morgan fingerprint density at radius 1 is 1.07 bits per heavy atom. The molecule has 1 aliphatic rings. The fourth-order valence-electron chi connectivity index (χ4n) is 3.59. The van der Waals surface area contributed by atoms with Crippen molar-refractivity contribution in [1.82, 2.24) is 10.2 Å². The molecule has 0 atom stereocenters. The molecule has 3 rings (SSSR count). The summed E-state index contributed by atoms with van der Waals surface area (Å²) in [5.74, 6) is 0.0933. The summed E-state index contributed by atoms with van der Waals surface area (Å²) in [6, 6.07) is 13.6. The third-order valence-corrected chi connectivity index (χ3v) is 5.23. The lowest BCUT2D eigenvalue weighted by molar-refractivity contribution is 0.0948. The number of hydrogen-bond acceptors (Lipinski definition) is 3. The molecule has 1 amide bonds. The van der Waals surface area contributed by atoms with Crippen LogP contribution in [0.15, 0.2) is 42.5 Å². The molecule has 2 aromatic carbocycles. The third-order valence-electron chi connectivity index (χ3n) is 5.23. The van der Waals surface area contributed by atoms with Gasteiger partial charge in [-0.3, -0.25) is 9.69 Å². The largest absolute Gasteiger partial charge is 0.507 e. The predicted octanol–water partition coefficient (Wildman–Crippen LogP) is 4.43. The Kier molecular flexibility index (Phi) is 6.51. The number of hydrogen-bond donors (Lipinski definition) is 2. The monoisotopic (exact) mass is 366 g/mol. The summed E-state index contributed by atoms with van der Waals surface area (Å²) in [6.07, 6.45) is 3.91. The van der Waals surface area contributed by atoms with Crippen LogP contribution in [0.4, 0.5) is 0 Å². The number of piperidine rings is 1. The SMILES string of the molecule is CC(C)c1ccc(O)c(C(=O)NCc2cccc(CN3CCCCC3)c2)c1. The summed E-state index contributed by atoms with van der Waals surface area (Å²) in [6.45, 7) is 7.92. The van der Waals surface area contributed by atoms with E-state index in [9.17, 15) is 9.90 Å². The van der Waals surface area contributed by atoms with Crippen molar-refractivity contribution in [2.75, 3.05) is 13.1 Å². The van der Waals surface area contributed by atoms with Crippen LogP contribution in [0.25, 0.3) is 0 Å². The summed E-state index contributed by atoms with van der Waals surface area (Å²) >= 11 is 0. The highest BCUT2D eigenvalue weighted by Crippen LogP contribution is 2.23. The Morgan fingerprint density at radius 2 is 1.81 bits per heavy atom. The zero-order chi connectivity index (χ0) is 19.2. The molecular formula is C23H30N2O2. The van der Waals surface area contributed by atoms with Gasteiger partial charge in [-0.25, -0.2) is 0 Å². The zero-order valence-corrected chi connectivity index (χ0v) is 16.4. The van der Waals surface area contributed by atoms with Gasteiger partial charge < -0.3 is 10.4 Å². The summed E-state index contributed by atoms with van der Waals surface area (Å²) in [4.78, 5) is 15.0. The number of carbonyl (C=O) groups excluding carboxylic acids is 1. The Labute approximate surface area is 162 Å². The van der Waals surface area contributed by atoms with Crippen LogP contribution in [-0.4, -0.2) is 29.0 Å². The number of carbonyl (C=O) groups is 1. The van der Waals surface area contributed by atoms with Crippen molar-refractivity contribution in [2.24, 2.45) is 0 Å². The fraction of sp³-hybridized carbons (Fsp3) is 0.435. The van der Waals surface area contributed by atoms with E-state index in [4.69, 9.17) is 0 Å². The highest BCUT2D eigenvalue weighted by Gasteiger charge is 2.14. The normalized spacial score (nSPS) is 15.1. The molecule has 0 saturated carbocycles. The van der Waals surface area contributed by atoms with Gasteiger partial charge in [-0.2, -0.15) is 0 Å². The van der Waals surface area contributed by atoms with Gasteiger partial charge in [0, 0.05) is 13.1 Å². The van der Waals surface area contributed by atoms with E-state index < -0.39 is 0 Å². The summed E-state index contributed by atoms with van der Waals surface area (Å²) in [5, 5.41) is 13.0. The van der Waals surface area contributed by atoms with Crippen LogP contribution >= 0.6 is 0 Å². The Balaban J connectivity index is 1.62. The number of amides is 1. The van der Waals surface area contributed by atoms with Gasteiger partial charge in [-0.1, -0.05) is 50.6 Å². The first-order chi connectivity index (χ1) is 13.0. The third kappa shape index (κ3) is 5.33. The first kappa shape index (κ1) is 19.4. The molecule has 2 aromatic rings. The maximum Gasteiger partial charge on any atom is 0.255 e. The molecule has 1 fully saturated rings. The van der Waals surface area contributed by atoms with E-state index in [0.29, 0.717) is 18.0 Å². The minimum Gasteiger partial charge on any atom is -0.507 e. The molecule has 0 unspecified atom stereocenters. The van der Waals surface area contributed by atoms with E-state index in [2.05, 4.69) is 42.3 Å². The summed E-state index contributed by atoms with van der Waals surface area (Å²) in [7, 11) is 0. The molecule has 0 aliphatic carbocycles. The van der Waals surface area contributed by atoms with Gasteiger partial charge in [0.25, 0.3) is 5.91 Å². The average Bonchev–Trinajstić information content (AvgIpc) is 2.67. The lowest BCUT2D eigenvalue weighted by Crippen LogP contribution is -2.29. The van der Waals surface area contributed by atoms with Crippen molar-refractivity contribution < 1.29 is 9.90 Å². The molecule has 1 saturated heterocycles. The van der Waals surface area contributed by atoms with Crippen molar-refractivity contribution in [2.45, 2.75) is 52.1 Å². The van der Waals surface area contributed by atoms with Gasteiger partial charge >= 0.3 is 0 Å². The number of nitrogens with zero attached hydrogens (tertiary/aromatic N) is 1. The van der Waals surface area contributed by atoms with Crippen LogP contribution < -0.4 is 5.32 Å². The van der Waals surface area contributed by atoms with Gasteiger partial charge in [-0.15, -0.1) is 0 Å². The van der Waals surface area contributed by atoms with Gasteiger partial charge in [0.1, 0.15) is 5.75 Å². The minimum absolute atomic E-state index is 0.0238. The Hall–Kier alpha value is -2.33. The smallest absolute Gasteiger partial charge is 0.255 e. The van der Waals surface area contributed by atoms with Crippen molar-refractivity contribution in [3.8, 4) is 5.75 Å². The number of benzene rings is 2. The quantitative estimate of drug-likeness (QED) is 0.795. The van der Waals surface area contributed by atoms with Crippen molar-refractivity contribution >= 4 is 5.91 Å². The highest BCUT2D eigenvalue weighted by molar-refractivity contribution is 5.97. The second-order valence-electron chi connectivity index (χ2n) is 7.77. The van der Waals surface area contributed by atoms with Crippen LogP contribution in [-0.2, 0) is 13.1 Å². The second kappa shape index (κ2) is 9.05. The van der Waals surface area contributed by atoms with E-state index in [-0.39, 0.29) is 11.7 Å².